The van der Waals surface area contributed by atoms with Crippen LogP contribution in [0.25, 0.3) is 0 Å². The topological polar surface area (TPSA) is 57.5 Å². The molecule has 0 saturated carbocycles. The zero-order chi connectivity index (χ0) is 19.6. The van der Waals surface area contributed by atoms with Gasteiger partial charge in [0.05, 0.1) is 12.1 Å². The number of piperidine rings is 1. The Morgan fingerprint density at radius 1 is 1.30 bits per heavy atom. The fourth-order valence-corrected chi connectivity index (χ4v) is 3.85. The molecule has 1 aliphatic heterocycles. The molecule has 1 aromatic carbocycles. The summed E-state index contributed by atoms with van der Waals surface area (Å²) in [6.45, 7) is 1.01. The molecule has 1 fully saturated rings. The van der Waals surface area contributed by atoms with Crippen LogP contribution in [0.15, 0.2) is 30.3 Å². The predicted molar refractivity (Wildman–Crippen MR) is 98.3 cm³/mol. The summed E-state index contributed by atoms with van der Waals surface area (Å²) in [7, 11) is 3.44. The zero-order valence-corrected chi connectivity index (χ0v) is 15.6. The van der Waals surface area contributed by atoms with Gasteiger partial charge in [0.1, 0.15) is 17.3 Å². The summed E-state index contributed by atoms with van der Waals surface area (Å²) in [4.78, 5) is 14.1. The zero-order valence-electron chi connectivity index (χ0n) is 15.6. The third-order valence-electron chi connectivity index (χ3n) is 5.30. The lowest BCUT2D eigenvalue weighted by Gasteiger charge is -2.37. The third-order valence-corrected chi connectivity index (χ3v) is 5.30. The maximum atomic E-state index is 14.0. The molecular formula is C20H25F2N3O2. The van der Waals surface area contributed by atoms with Crippen LogP contribution in [0.3, 0.4) is 0 Å². The number of aromatic nitrogens is 1. The molecule has 1 saturated heterocycles. The average Bonchev–Trinajstić information content (AvgIpc) is 3.02. The Kier molecular flexibility index (Phi) is 5.92. The molecule has 27 heavy (non-hydrogen) atoms. The number of benzene rings is 1. The fourth-order valence-electron chi connectivity index (χ4n) is 3.85. The first-order valence-corrected chi connectivity index (χ1v) is 9.17. The molecule has 2 atom stereocenters. The van der Waals surface area contributed by atoms with Gasteiger partial charge in [0.2, 0.25) is 0 Å². The van der Waals surface area contributed by atoms with Gasteiger partial charge in [-0.3, -0.25) is 9.69 Å². The van der Waals surface area contributed by atoms with Crippen LogP contribution in [0.4, 0.5) is 8.78 Å². The normalized spacial score (nSPS) is 19.1. The number of nitrogens with zero attached hydrogens (tertiary/aromatic N) is 2. The highest BCUT2D eigenvalue weighted by molar-refractivity contribution is 5.92. The van der Waals surface area contributed by atoms with Gasteiger partial charge < -0.3 is 15.0 Å². The van der Waals surface area contributed by atoms with Gasteiger partial charge in [-0.15, -0.1) is 0 Å². The smallest absolute Gasteiger partial charge is 0.267 e. The second kappa shape index (κ2) is 8.19. The first-order valence-electron chi connectivity index (χ1n) is 9.17. The van der Waals surface area contributed by atoms with Crippen molar-refractivity contribution < 1.29 is 18.7 Å². The molecule has 0 aliphatic carbocycles. The summed E-state index contributed by atoms with van der Waals surface area (Å²) < 4.78 is 29.0. The average molecular weight is 377 g/mol. The molecule has 3 rings (SSSR count). The van der Waals surface area contributed by atoms with E-state index in [2.05, 4.69) is 10.2 Å². The standard InChI is InChI=1S/C20H25F2N3O2/c1-23-20(27)18-9-8-16(24(18)2)17-5-3-4-10-25(17)12-19(26)14-7-6-13(21)11-15(14)22/h6-9,11,17,19,26H,3-5,10,12H2,1-2H3,(H,23,27)/t17-,19-/m0/s1. The molecule has 0 spiro atoms. The molecule has 2 N–H and O–H groups in total. The van der Waals surface area contributed by atoms with Crippen LogP contribution in [0.5, 0.6) is 0 Å². The summed E-state index contributed by atoms with van der Waals surface area (Å²) in [6, 6.07) is 6.98. The number of carbonyl (C=O) groups excluding carboxylic acids is 1. The van der Waals surface area contributed by atoms with Gasteiger partial charge in [-0.1, -0.05) is 12.5 Å². The van der Waals surface area contributed by atoms with Gasteiger partial charge in [-0.2, -0.15) is 0 Å². The largest absolute Gasteiger partial charge is 0.387 e. The van der Waals surface area contributed by atoms with E-state index >= 15 is 0 Å². The molecular weight excluding hydrogens is 352 g/mol. The van der Waals surface area contributed by atoms with Crippen molar-refractivity contribution >= 4 is 5.91 Å². The maximum Gasteiger partial charge on any atom is 0.267 e. The molecule has 2 heterocycles. The third kappa shape index (κ3) is 4.04. The van der Waals surface area contributed by atoms with Crippen LogP contribution >= 0.6 is 0 Å². The number of carbonyl (C=O) groups is 1. The molecule has 0 radical (unpaired) electrons. The highest BCUT2D eigenvalue weighted by Crippen LogP contribution is 2.33. The SMILES string of the molecule is CNC(=O)c1ccc([C@@H]2CCCCN2C[C@H](O)c2ccc(F)cc2F)n1C. The maximum absolute atomic E-state index is 14.0. The Morgan fingerprint density at radius 3 is 2.78 bits per heavy atom. The summed E-state index contributed by atoms with van der Waals surface area (Å²) >= 11 is 0. The molecule has 0 bridgehead atoms. The fraction of sp³-hybridized carbons (Fsp3) is 0.450. The van der Waals surface area contributed by atoms with Crippen LogP contribution in [0.2, 0.25) is 0 Å². The second-order valence-corrected chi connectivity index (χ2v) is 6.97. The number of hydrogen-bond acceptors (Lipinski definition) is 3. The minimum absolute atomic E-state index is 0.0281. The number of hydrogen-bond donors (Lipinski definition) is 2. The van der Waals surface area contributed by atoms with Crippen molar-refractivity contribution in [3.63, 3.8) is 0 Å². The van der Waals surface area contributed by atoms with Gasteiger partial charge in [-0.05, 0) is 37.6 Å². The van der Waals surface area contributed by atoms with Crippen LogP contribution in [0.1, 0.15) is 53.2 Å². The van der Waals surface area contributed by atoms with E-state index in [4.69, 9.17) is 0 Å². The van der Waals surface area contributed by atoms with Crippen LogP contribution < -0.4 is 5.32 Å². The molecule has 146 valence electrons. The monoisotopic (exact) mass is 377 g/mol. The van der Waals surface area contributed by atoms with Gasteiger partial charge >= 0.3 is 0 Å². The highest BCUT2D eigenvalue weighted by Gasteiger charge is 2.29. The van der Waals surface area contributed by atoms with Crippen LogP contribution in [-0.4, -0.2) is 40.6 Å². The number of halogens is 2. The van der Waals surface area contributed by atoms with E-state index in [-0.39, 0.29) is 24.1 Å². The van der Waals surface area contributed by atoms with Crippen molar-refractivity contribution in [3.8, 4) is 0 Å². The Labute approximate surface area is 157 Å². The second-order valence-electron chi connectivity index (χ2n) is 6.97. The van der Waals surface area contributed by atoms with Crippen molar-refractivity contribution in [2.75, 3.05) is 20.1 Å². The van der Waals surface area contributed by atoms with Gasteiger partial charge in [-0.25, -0.2) is 8.78 Å². The van der Waals surface area contributed by atoms with Crippen molar-refractivity contribution in [2.24, 2.45) is 7.05 Å². The molecule has 1 amide bonds. The van der Waals surface area contributed by atoms with Crippen molar-refractivity contribution in [1.29, 1.82) is 0 Å². The Morgan fingerprint density at radius 2 is 2.07 bits per heavy atom. The lowest BCUT2D eigenvalue weighted by atomic mass is 9.97. The van der Waals surface area contributed by atoms with Crippen LogP contribution in [-0.2, 0) is 7.05 Å². The first kappa shape index (κ1) is 19.5. The number of aliphatic hydroxyl groups excluding tert-OH is 1. The number of β-amino-alcohol motifs (C(OH)–C–C–N with tert-alkyl or cyclic N) is 1. The Balaban J connectivity index is 1.82. The van der Waals surface area contributed by atoms with E-state index in [0.717, 1.165) is 43.6 Å². The van der Waals surface area contributed by atoms with E-state index < -0.39 is 17.7 Å². The number of amides is 1. The van der Waals surface area contributed by atoms with E-state index in [1.165, 1.54) is 6.07 Å². The van der Waals surface area contributed by atoms with E-state index in [1.54, 1.807) is 13.1 Å². The molecule has 1 aliphatic rings. The molecule has 2 aromatic rings. The first-order chi connectivity index (χ1) is 12.9. The van der Waals surface area contributed by atoms with Crippen molar-refractivity contribution in [3.05, 3.63) is 58.9 Å². The number of nitrogens with one attached hydrogen (secondary N) is 1. The molecule has 7 heteroatoms. The molecule has 0 unspecified atom stereocenters. The van der Waals surface area contributed by atoms with Crippen molar-refractivity contribution in [1.82, 2.24) is 14.8 Å². The summed E-state index contributed by atoms with van der Waals surface area (Å²) in [6.07, 6.45) is 1.87. The quantitative estimate of drug-likeness (QED) is 0.842. The van der Waals surface area contributed by atoms with Crippen molar-refractivity contribution in [2.45, 2.75) is 31.4 Å². The summed E-state index contributed by atoms with van der Waals surface area (Å²) in [5, 5.41) is 13.2. The highest BCUT2D eigenvalue weighted by atomic mass is 19.1. The summed E-state index contributed by atoms with van der Waals surface area (Å²) in [5.74, 6) is -1.55. The van der Waals surface area contributed by atoms with Gasteiger partial charge in [0.25, 0.3) is 5.91 Å². The van der Waals surface area contributed by atoms with Crippen LogP contribution in [0, 0.1) is 11.6 Å². The number of aliphatic hydroxyl groups is 1. The minimum atomic E-state index is -1.05. The van der Waals surface area contributed by atoms with E-state index in [1.807, 2.05) is 17.7 Å². The molecule has 5 nitrogen and oxygen atoms in total. The van der Waals surface area contributed by atoms with Gasteiger partial charge in [0, 0.05) is 38.0 Å². The number of rotatable bonds is 5. The lowest BCUT2D eigenvalue weighted by molar-refractivity contribution is 0.0622. The minimum Gasteiger partial charge on any atom is -0.387 e. The Hall–Kier alpha value is -2.25. The Bertz CT molecular complexity index is 822. The van der Waals surface area contributed by atoms with Gasteiger partial charge in [0.15, 0.2) is 0 Å². The lowest BCUT2D eigenvalue weighted by Crippen LogP contribution is -2.37. The molecule has 1 aromatic heterocycles. The van der Waals surface area contributed by atoms with E-state index in [9.17, 15) is 18.7 Å². The number of likely N-dealkylation sites (tertiary alicyclic amines) is 1. The predicted octanol–water partition coefficient (Wildman–Crippen LogP) is 2.92. The summed E-state index contributed by atoms with van der Waals surface area (Å²) in [5.41, 5.74) is 1.65. The van der Waals surface area contributed by atoms with E-state index in [0.29, 0.717) is 5.69 Å².